The van der Waals surface area contributed by atoms with E-state index in [1.165, 1.54) is 0 Å². The van der Waals surface area contributed by atoms with Crippen molar-refractivity contribution in [2.75, 3.05) is 13.1 Å². The van der Waals surface area contributed by atoms with Crippen LogP contribution in [0.1, 0.15) is 41.9 Å². The van der Waals surface area contributed by atoms with Crippen molar-refractivity contribution in [3.8, 4) is 0 Å². The fourth-order valence-corrected chi connectivity index (χ4v) is 3.57. The van der Waals surface area contributed by atoms with E-state index >= 15 is 0 Å². The normalized spacial score (nSPS) is 17.5. The van der Waals surface area contributed by atoms with E-state index in [0.717, 1.165) is 43.3 Å². The summed E-state index contributed by atoms with van der Waals surface area (Å²) in [7, 11) is 0. The molecule has 5 nitrogen and oxygen atoms in total. The van der Waals surface area contributed by atoms with Gasteiger partial charge in [-0.1, -0.05) is 0 Å². The molecule has 0 fully saturated rings. The van der Waals surface area contributed by atoms with Crippen LogP contribution in [0.4, 0.5) is 13.2 Å². The number of hydrogen-bond donors (Lipinski definition) is 1. The maximum Gasteiger partial charge on any atom is 0.255 e. The van der Waals surface area contributed by atoms with Gasteiger partial charge in [-0.25, -0.2) is 18.2 Å². The van der Waals surface area contributed by atoms with E-state index in [9.17, 15) is 18.0 Å². The first kappa shape index (κ1) is 17.9. The second-order valence-corrected chi connectivity index (χ2v) is 6.94. The van der Waals surface area contributed by atoms with Crippen molar-refractivity contribution in [2.24, 2.45) is 4.99 Å². The lowest BCUT2D eigenvalue weighted by atomic mass is 10.0. The molecule has 0 bridgehead atoms. The quantitative estimate of drug-likeness (QED) is 0.838. The SMILES string of the molecule is O=c1[nH]c(C2=NCCCC2)nc2c1CN(Cc1cc(F)c(F)cc1F)CC2. The molecule has 27 heavy (non-hydrogen) atoms. The number of aromatic nitrogens is 2. The number of halogens is 3. The van der Waals surface area contributed by atoms with Crippen LogP contribution in [0.25, 0.3) is 0 Å². The Morgan fingerprint density at radius 3 is 2.67 bits per heavy atom. The van der Waals surface area contributed by atoms with Gasteiger partial charge in [0.2, 0.25) is 0 Å². The fraction of sp³-hybridized carbons (Fsp3) is 0.421. The summed E-state index contributed by atoms with van der Waals surface area (Å²) in [6.07, 6.45) is 3.43. The van der Waals surface area contributed by atoms with Gasteiger partial charge in [0.1, 0.15) is 5.82 Å². The molecule has 142 valence electrons. The van der Waals surface area contributed by atoms with E-state index in [4.69, 9.17) is 0 Å². The second kappa shape index (κ2) is 7.26. The molecule has 3 heterocycles. The van der Waals surface area contributed by atoms with Gasteiger partial charge in [-0.2, -0.15) is 0 Å². The van der Waals surface area contributed by atoms with Crippen LogP contribution >= 0.6 is 0 Å². The summed E-state index contributed by atoms with van der Waals surface area (Å²) in [6, 6.07) is 1.42. The van der Waals surface area contributed by atoms with Crippen molar-refractivity contribution in [2.45, 2.75) is 38.8 Å². The predicted octanol–water partition coefficient (Wildman–Crippen LogP) is 2.72. The van der Waals surface area contributed by atoms with E-state index in [1.807, 2.05) is 4.90 Å². The van der Waals surface area contributed by atoms with Crippen LogP contribution in [0, 0.1) is 17.5 Å². The van der Waals surface area contributed by atoms with Crippen molar-refractivity contribution in [3.63, 3.8) is 0 Å². The van der Waals surface area contributed by atoms with E-state index in [0.29, 0.717) is 30.4 Å². The Hall–Kier alpha value is -2.48. The highest BCUT2D eigenvalue weighted by Crippen LogP contribution is 2.20. The number of fused-ring (bicyclic) bond motifs is 1. The molecule has 0 saturated carbocycles. The van der Waals surface area contributed by atoms with Crippen LogP contribution in [0.3, 0.4) is 0 Å². The minimum absolute atomic E-state index is 0.0647. The van der Waals surface area contributed by atoms with Gasteiger partial charge in [0.25, 0.3) is 5.56 Å². The second-order valence-electron chi connectivity index (χ2n) is 6.94. The zero-order valence-electron chi connectivity index (χ0n) is 14.7. The first-order valence-electron chi connectivity index (χ1n) is 9.03. The molecule has 2 aliphatic heterocycles. The molecule has 0 amide bonds. The Bertz CT molecular complexity index is 970. The van der Waals surface area contributed by atoms with Crippen molar-refractivity contribution >= 4 is 5.71 Å². The maximum absolute atomic E-state index is 13.9. The number of aromatic amines is 1. The number of H-pyrrole nitrogens is 1. The number of benzene rings is 1. The third-order valence-electron chi connectivity index (χ3n) is 5.03. The zero-order chi connectivity index (χ0) is 19.0. The van der Waals surface area contributed by atoms with E-state index in [1.54, 1.807) is 0 Å². The lowest BCUT2D eigenvalue weighted by molar-refractivity contribution is 0.237. The standard InChI is InChI=1S/C19H19F3N4O/c20-13-8-15(22)14(21)7-11(13)9-26-6-4-16-12(10-26)19(27)25-18(24-16)17-3-1-2-5-23-17/h7-8H,1-6,9-10H2,(H,24,25,27). The van der Waals surface area contributed by atoms with Crippen LogP contribution < -0.4 is 5.56 Å². The molecule has 0 aliphatic carbocycles. The summed E-state index contributed by atoms with van der Waals surface area (Å²) in [4.78, 5) is 26.2. The molecule has 0 atom stereocenters. The summed E-state index contributed by atoms with van der Waals surface area (Å²) in [6.45, 7) is 1.68. The fourth-order valence-electron chi connectivity index (χ4n) is 3.57. The lowest BCUT2D eigenvalue weighted by Crippen LogP contribution is -2.36. The van der Waals surface area contributed by atoms with Crippen LogP contribution in [0.5, 0.6) is 0 Å². The first-order valence-corrected chi connectivity index (χ1v) is 9.03. The molecule has 0 unspecified atom stereocenters. The zero-order valence-corrected chi connectivity index (χ0v) is 14.7. The molecule has 1 N–H and O–H groups in total. The van der Waals surface area contributed by atoms with Gasteiger partial charge in [0.05, 0.1) is 17.0 Å². The van der Waals surface area contributed by atoms with Crippen LogP contribution in [-0.2, 0) is 19.5 Å². The van der Waals surface area contributed by atoms with Crippen LogP contribution in [-0.4, -0.2) is 33.7 Å². The third-order valence-corrected chi connectivity index (χ3v) is 5.03. The summed E-state index contributed by atoms with van der Waals surface area (Å²) in [5.41, 5.74) is 1.94. The van der Waals surface area contributed by atoms with Gasteiger partial charge in [-0.05, 0) is 25.3 Å². The molecule has 2 aliphatic rings. The summed E-state index contributed by atoms with van der Waals surface area (Å²) >= 11 is 0. The molecule has 8 heteroatoms. The molecule has 0 radical (unpaired) electrons. The van der Waals surface area contributed by atoms with Crippen molar-refractivity contribution in [3.05, 3.63) is 62.6 Å². The Labute approximate surface area is 154 Å². The number of nitrogens with one attached hydrogen (secondary N) is 1. The van der Waals surface area contributed by atoms with E-state index < -0.39 is 17.5 Å². The lowest BCUT2D eigenvalue weighted by Gasteiger charge is -2.28. The Morgan fingerprint density at radius 2 is 1.89 bits per heavy atom. The number of hydrogen-bond acceptors (Lipinski definition) is 4. The molecule has 0 spiro atoms. The topological polar surface area (TPSA) is 61.4 Å². The minimum Gasteiger partial charge on any atom is -0.305 e. The maximum atomic E-state index is 13.9. The van der Waals surface area contributed by atoms with Gasteiger partial charge < -0.3 is 4.98 Å². The van der Waals surface area contributed by atoms with Crippen LogP contribution in [0.2, 0.25) is 0 Å². The number of nitrogens with zero attached hydrogens (tertiary/aromatic N) is 3. The monoisotopic (exact) mass is 376 g/mol. The van der Waals surface area contributed by atoms with Crippen molar-refractivity contribution in [1.29, 1.82) is 0 Å². The highest BCUT2D eigenvalue weighted by atomic mass is 19.2. The molecular formula is C19H19F3N4O. The number of aliphatic imine (C=N–C) groups is 1. The van der Waals surface area contributed by atoms with Gasteiger partial charge in [0.15, 0.2) is 17.5 Å². The van der Waals surface area contributed by atoms with Gasteiger partial charge in [0, 0.05) is 44.2 Å². The van der Waals surface area contributed by atoms with Gasteiger partial charge in [-0.3, -0.25) is 14.7 Å². The predicted molar refractivity (Wildman–Crippen MR) is 94.2 cm³/mol. The molecule has 1 aromatic heterocycles. The van der Waals surface area contributed by atoms with E-state index in [-0.39, 0.29) is 24.2 Å². The van der Waals surface area contributed by atoms with Gasteiger partial charge in [-0.15, -0.1) is 0 Å². The highest BCUT2D eigenvalue weighted by Gasteiger charge is 2.24. The largest absolute Gasteiger partial charge is 0.305 e. The average molecular weight is 376 g/mol. The van der Waals surface area contributed by atoms with Crippen molar-refractivity contribution < 1.29 is 13.2 Å². The molecule has 4 rings (SSSR count). The number of rotatable bonds is 3. The van der Waals surface area contributed by atoms with E-state index in [2.05, 4.69) is 15.0 Å². The Balaban J connectivity index is 1.56. The molecular weight excluding hydrogens is 357 g/mol. The van der Waals surface area contributed by atoms with Crippen LogP contribution in [0.15, 0.2) is 21.9 Å². The average Bonchev–Trinajstić information content (AvgIpc) is 2.67. The minimum atomic E-state index is -1.21. The summed E-state index contributed by atoms with van der Waals surface area (Å²) < 4.78 is 40.4. The molecule has 1 aromatic carbocycles. The van der Waals surface area contributed by atoms with Gasteiger partial charge >= 0.3 is 0 Å². The molecule has 2 aromatic rings. The summed E-state index contributed by atoms with van der Waals surface area (Å²) in [5, 5.41) is 0. The highest BCUT2D eigenvalue weighted by molar-refractivity contribution is 5.97. The Kier molecular flexibility index (Phi) is 4.82. The summed E-state index contributed by atoms with van der Waals surface area (Å²) in [5.74, 6) is -2.55. The first-order chi connectivity index (χ1) is 13.0. The van der Waals surface area contributed by atoms with Crippen molar-refractivity contribution in [1.82, 2.24) is 14.9 Å². The third kappa shape index (κ3) is 3.66. The smallest absolute Gasteiger partial charge is 0.255 e. The Morgan fingerprint density at radius 1 is 1.07 bits per heavy atom. The molecule has 0 saturated heterocycles.